The van der Waals surface area contributed by atoms with Gasteiger partial charge in [0.1, 0.15) is 5.82 Å². The molecule has 1 atom stereocenters. The molecule has 0 amide bonds. The number of benzene rings is 1. The number of hydrogen-bond donors (Lipinski definition) is 1. The number of anilines is 1. The van der Waals surface area contributed by atoms with Gasteiger partial charge in [0.25, 0.3) is 0 Å². The smallest absolute Gasteiger partial charge is 0.164 e. The van der Waals surface area contributed by atoms with E-state index in [-0.39, 0.29) is 17.4 Å². The molecule has 1 heterocycles. The molecule has 1 unspecified atom stereocenters. The minimum Gasteiger partial charge on any atom is -0.377 e. The monoisotopic (exact) mass is 277 g/mol. The highest BCUT2D eigenvalue weighted by Gasteiger charge is 2.15. The van der Waals surface area contributed by atoms with Crippen molar-refractivity contribution in [2.75, 3.05) is 5.32 Å². The van der Waals surface area contributed by atoms with E-state index in [9.17, 15) is 9.18 Å². The van der Waals surface area contributed by atoms with Gasteiger partial charge in [0, 0.05) is 15.4 Å². The number of aryl methyl sites for hydroxylation is 1. The predicted octanol–water partition coefficient (Wildman–Crippen LogP) is 4.57. The number of nitrogens with one attached hydrogen (secondary N) is 1. The Labute approximate surface area is 116 Å². The molecular weight excluding hydrogens is 261 g/mol. The number of halogens is 1. The summed E-state index contributed by atoms with van der Waals surface area (Å²) in [7, 11) is 0. The van der Waals surface area contributed by atoms with Gasteiger partial charge in [0.2, 0.25) is 0 Å². The Morgan fingerprint density at radius 3 is 2.63 bits per heavy atom. The summed E-state index contributed by atoms with van der Waals surface area (Å²) in [5.74, 6) is -0.748. The number of ketones is 1. The second-order valence-corrected chi connectivity index (χ2v) is 5.85. The highest BCUT2D eigenvalue weighted by molar-refractivity contribution is 7.12. The van der Waals surface area contributed by atoms with Crippen LogP contribution in [0.15, 0.2) is 30.3 Å². The van der Waals surface area contributed by atoms with Crippen molar-refractivity contribution < 1.29 is 9.18 Å². The maximum absolute atomic E-state index is 13.7. The van der Waals surface area contributed by atoms with Crippen LogP contribution in [0.25, 0.3) is 0 Å². The summed E-state index contributed by atoms with van der Waals surface area (Å²) in [6, 6.07) is 8.79. The molecule has 0 aliphatic heterocycles. The molecule has 0 saturated heterocycles. The van der Waals surface area contributed by atoms with Crippen molar-refractivity contribution in [3.8, 4) is 0 Å². The van der Waals surface area contributed by atoms with Crippen molar-refractivity contribution in [3.05, 3.63) is 51.5 Å². The van der Waals surface area contributed by atoms with Crippen molar-refractivity contribution in [2.24, 2.45) is 0 Å². The molecule has 1 aromatic carbocycles. The quantitative estimate of drug-likeness (QED) is 0.829. The summed E-state index contributed by atoms with van der Waals surface area (Å²) in [4.78, 5) is 13.9. The van der Waals surface area contributed by atoms with Crippen LogP contribution in [0.4, 0.5) is 10.1 Å². The van der Waals surface area contributed by atoms with Crippen LogP contribution >= 0.6 is 11.3 Å². The zero-order valence-electron chi connectivity index (χ0n) is 11.2. The average Bonchev–Trinajstić information content (AvgIpc) is 2.75. The van der Waals surface area contributed by atoms with Gasteiger partial charge in [0.05, 0.1) is 11.6 Å². The number of Topliss-reactive ketones (excluding diaryl/α,β-unsaturated/α-hetero) is 1. The molecule has 0 aliphatic rings. The number of carbonyl (C=O) groups excluding carboxylic acids is 1. The first kappa shape index (κ1) is 13.7. The zero-order chi connectivity index (χ0) is 14.0. The van der Waals surface area contributed by atoms with Crippen molar-refractivity contribution in [1.29, 1.82) is 0 Å². The van der Waals surface area contributed by atoms with E-state index in [4.69, 9.17) is 0 Å². The summed E-state index contributed by atoms with van der Waals surface area (Å²) in [6.07, 6.45) is 0. The third kappa shape index (κ3) is 3.01. The molecule has 0 spiro atoms. The van der Waals surface area contributed by atoms with E-state index in [0.29, 0.717) is 5.69 Å². The van der Waals surface area contributed by atoms with Gasteiger partial charge < -0.3 is 5.32 Å². The number of rotatable bonds is 4. The van der Waals surface area contributed by atoms with E-state index in [1.165, 1.54) is 17.9 Å². The van der Waals surface area contributed by atoms with Crippen molar-refractivity contribution >= 4 is 22.8 Å². The van der Waals surface area contributed by atoms with E-state index in [1.807, 2.05) is 19.9 Å². The third-order valence-corrected chi connectivity index (χ3v) is 4.11. The van der Waals surface area contributed by atoms with Crippen LogP contribution in [0, 0.1) is 12.7 Å². The van der Waals surface area contributed by atoms with Gasteiger partial charge in [-0.25, -0.2) is 4.39 Å². The molecule has 0 bridgehead atoms. The fourth-order valence-corrected chi connectivity index (χ4v) is 2.87. The minimum atomic E-state index is -0.480. The van der Waals surface area contributed by atoms with Crippen LogP contribution in [0.3, 0.4) is 0 Å². The molecular formula is C15H16FNOS. The first-order valence-electron chi connectivity index (χ1n) is 6.11. The van der Waals surface area contributed by atoms with E-state index in [0.717, 1.165) is 4.88 Å². The molecule has 0 fully saturated rings. The second-order valence-electron chi connectivity index (χ2n) is 4.53. The van der Waals surface area contributed by atoms with Crippen LogP contribution in [-0.4, -0.2) is 5.78 Å². The maximum atomic E-state index is 13.7. The van der Waals surface area contributed by atoms with Gasteiger partial charge in [-0.1, -0.05) is 6.07 Å². The van der Waals surface area contributed by atoms with Crippen LogP contribution < -0.4 is 5.32 Å². The van der Waals surface area contributed by atoms with Crippen LogP contribution in [-0.2, 0) is 0 Å². The van der Waals surface area contributed by atoms with Crippen LogP contribution in [0.2, 0.25) is 0 Å². The fourth-order valence-electron chi connectivity index (χ4n) is 1.99. The van der Waals surface area contributed by atoms with E-state index in [1.54, 1.807) is 23.5 Å². The summed E-state index contributed by atoms with van der Waals surface area (Å²) >= 11 is 1.69. The van der Waals surface area contributed by atoms with Crippen molar-refractivity contribution in [2.45, 2.75) is 26.8 Å². The van der Waals surface area contributed by atoms with Gasteiger partial charge >= 0.3 is 0 Å². The third-order valence-electron chi connectivity index (χ3n) is 2.93. The Morgan fingerprint density at radius 2 is 2.05 bits per heavy atom. The summed E-state index contributed by atoms with van der Waals surface area (Å²) in [5, 5.41) is 3.21. The molecule has 2 aromatic rings. The lowest BCUT2D eigenvalue weighted by Gasteiger charge is -2.16. The Kier molecular flexibility index (Phi) is 4.00. The van der Waals surface area contributed by atoms with Crippen LogP contribution in [0.1, 0.15) is 40.0 Å². The van der Waals surface area contributed by atoms with E-state index >= 15 is 0 Å². The standard InChI is InChI=1S/C15H16FNOS/c1-9-7-8-14(19-9)10(2)17-13-6-4-5-12(16)15(13)11(3)18/h4-8,10,17H,1-3H3. The van der Waals surface area contributed by atoms with Crippen molar-refractivity contribution in [3.63, 3.8) is 0 Å². The molecule has 100 valence electrons. The summed E-state index contributed by atoms with van der Waals surface area (Å²) in [6.45, 7) is 5.42. The fraction of sp³-hybridized carbons (Fsp3) is 0.267. The Morgan fingerprint density at radius 1 is 1.32 bits per heavy atom. The zero-order valence-corrected chi connectivity index (χ0v) is 12.0. The lowest BCUT2D eigenvalue weighted by Crippen LogP contribution is -2.10. The van der Waals surface area contributed by atoms with E-state index in [2.05, 4.69) is 11.4 Å². The molecule has 1 N–H and O–H groups in total. The van der Waals surface area contributed by atoms with E-state index < -0.39 is 5.82 Å². The molecule has 4 heteroatoms. The number of thiophene rings is 1. The Hall–Kier alpha value is -1.68. The van der Waals surface area contributed by atoms with Gasteiger partial charge in [-0.15, -0.1) is 11.3 Å². The minimum absolute atomic E-state index is 0.0404. The largest absolute Gasteiger partial charge is 0.377 e. The van der Waals surface area contributed by atoms with Crippen molar-refractivity contribution in [1.82, 2.24) is 0 Å². The second kappa shape index (κ2) is 5.53. The summed E-state index contributed by atoms with van der Waals surface area (Å²) < 4.78 is 13.7. The molecule has 19 heavy (non-hydrogen) atoms. The predicted molar refractivity (Wildman–Crippen MR) is 77.5 cm³/mol. The Bertz CT molecular complexity index is 606. The number of hydrogen-bond acceptors (Lipinski definition) is 3. The van der Waals surface area contributed by atoms with Gasteiger partial charge in [0.15, 0.2) is 5.78 Å². The summed E-state index contributed by atoms with van der Waals surface area (Å²) in [5.41, 5.74) is 0.675. The van der Waals surface area contributed by atoms with Gasteiger partial charge in [-0.05, 0) is 45.0 Å². The maximum Gasteiger partial charge on any atom is 0.164 e. The lowest BCUT2D eigenvalue weighted by atomic mass is 10.1. The highest BCUT2D eigenvalue weighted by atomic mass is 32.1. The first-order valence-corrected chi connectivity index (χ1v) is 6.93. The number of carbonyl (C=O) groups is 1. The van der Waals surface area contributed by atoms with Gasteiger partial charge in [-0.3, -0.25) is 4.79 Å². The normalized spacial score (nSPS) is 12.2. The topological polar surface area (TPSA) is 29.1 Å². The average molecular weight is 277 g/mol. The van der Waals surface area contributed by atoms with Gasteiger partial charge in [-0.2, -0.15) is 0 Å². The molecule has 0 saturated carbocycles. The first-order chi connectivity index (χ1) is 8.99. The molecule has 0 aliphatic carbocycles. The molecule has 2 nitrogen and oxygen atoms in total. The highest BCUT2D eigenvalue weighted by Crippen LogP contribution is 2.28. The molecule has 1 aromatic heterocycles. The Balaban J connectivity index is 2.28. The van der Waals surface area contributed by atoms with Crippen LogP contribution in [0.5, 0.6) is 0 Å². The SMILES string of the molecule is CC(=O)c1c(F)cccc1NC(C)c1ccc(C)s1. The lowest BCUT2D eigenvalue weighted by molar-refractivity contribution is 0.101. The molecule has 2 rings (SSSR count). The molecule has 0 radical (unpaired) electrons.